The zero-order chi connectivity index (χ0) is 64.6. The summed E-state index contributed by atoms with van der Waals surface area (Å²) in [7, 11) is 1.04. The van der Waals surface area contributed by atoms with E-state index < -0.39 is 273 Å². The Bertz CT molecular complexity index is 2420. The lowest BCUT2D eigenvalue weighted by Gasteiger charge is -2.50. The summed E-state index contributed by atoms with van der Waals surface area (Å²) in [6.45, 7) is -7.58. The second kappa shape index (κ2) is 30.0. The first-order valence-corrected chi connectivity index (χ1v) is 28.1. The standard InChI is InChI=1S/C51H76O38/c1-74-43(72)13-4-2-3-5-14(13)44(73)75-12-21-42-28(64)35(71)51(82-21)88-41-20(11-57)80-49(33(69)26(41)62)86-39-18(9-55)78-47(31(67)24(39)60)84-37-16(7-53)76-45(29(65)22(37)58)83-36-15(6-52)77-46(30(66)23(36)59)85-38-17(8-54)79-48(32(68)25(38)61)87-40-19(10-56)81-50(89-42)34(70)27(40)63/h2-5,15-42,45-71H,6-12H2,1H3/t15-,16-,17-,18-,19-,20-,21-,22-,23+,24-,25+,26-,27+,28-,29-,30+,31-,32+,33-,34-,35-,36-,37-,38-,39-,40-,41-,42-,45-,46-,47-,48-,49-,50-,51-/m1/s1. The van der Waals surface area contributed by atoms with Gasteiger partial charge in [0.2, 0.25) is 0 Å². The van der Waals surface area contributed by atoms with Crippen LogP contribution in [0.4, 0.5) is 0 Å². The fraction of sp³-hybridized carbons (Fsp3) is 0.843. The molecule has 38 nitrogen and oxygen atoms in total. The number of benzene rings is 1. The predicted octanol–water partition coefficient (Wildman–Crippen LogP) is -13.6. The molecule has 1 aromatic rings. The normalized spacial score (nSPS) is 49.3. The van der Waals surface area contributed by atoms with Gasteiger partial charge in [-0.25, -0.2) is 9.59 Å². The van der Waals surface area contributed by atoms with E-state index in [4.69, 9.17) is 75.8 Å². The maximum absolute atomic E-state index is 13.6. The maximum Gasteiger partial charge on any atom is 0.339 e. The number of carbonyl (C=O) groups is 2. The van der Waals surface area contributed by atoms with Gasteiger partial charge in [-0.2, -0.15) is 0 Å². The predicted molar refractivity (Wildman–Crippen MR) is 269 cm³/mol. The second-order valence-electron chi connectivity index (χ2n) is 22.1. The van der Waals surface area contributed by atoms with Gasteiger partial charge in [-0.15, -0.1) is 0 Å². The molecule has 89 heavy (non-hydrogen) atoms. The van der Waals surface area contributed by atoms with Crippen LogP contribution in [0.5, 0.6) is 0 Å². The summed E-state index contributed by atoms with van der Waals surface area (Å²) >= 11 is 0. The molecule has 508 valence electrons. The van der Waals surface area contributed by atoms with Gasteiger partial charge in [-0.1, -0.05) is 12.1 Å². The van der Waals surface area contributed by atoms with Crippen LogP contribution in [0.15, 0.2) is 24.3 Å². The number of rotatable bonds is 10. The molecule has 0 amide bonds. The van der Waals surface area contributed by atoms with Crippen LogP contribution in [0, 0.1) is 0 Å². The van der Waals surface area contributed by atoms with Gasteiger partial charge in [0.05, 0.1) is 57.9 Å². The summed E-state index contributed by atoms with van der Waals surface area (Å²) in [5, 5.41) is 224. The second-order valence-corrected chi connectivity index (χ2v) is 22.1. The van der Waals surface area contributed by atoms with Crippen LogP contribution in [0.25, 0.3) is 0 Å². The Kier molecular flexibility index (Phi) is 23.7. The van der Waals surface area contributed by atoms with Gasteiger partial charge in [0.25, 0.3) is 0 Å². The van der Waals surface area contributed by atoms with Crippen molar-refractivity contribution in [1.82, 2.24) is 0 Å². The van der Waals surface area contributed by atoms with E-state index in [1.54, 1.807) is 0 Å². The number of esters is 2. The molecule has 14 bridgehead atoms. The third-order valence-corrected chi connectivity index (χ3v) is 16.5. The van der Waals surface area contributed by atoms with Gasteiger partial charge in [0, 0.05) is 0 Å². The Morgan fingerprint density at radius 1 is 0.303 bits per heavy atom. The van der Waals surface area contributed by atoms with E-state index in [0.29, 0.717) is 0 Å². The third-order valence-electron chi connectivity index (χ3n) is 16.5. The number of hydrogen-bond donors (Lipinski definition) is 20. The Hall–Kier alpha value is -3.20. The summed E-state index contributed by atoms with van der Waals surface area (Å²) < 4.78 is 91.0. The highest BCUT2D eigenvalue weighted by atomic mass is 16.8. The number of aliphatic hydroxyl groups is 20. The minimum atomic E-state index is -2.34. The molecule has 20 N–H and O–H groups in total. The fourth-order valence-corrected chi connectivity index (χ4v) is 11.6. The van der Waals surface area contributed by atoms with E-state index >= 15 is 0 Å². The van der Waals surface area contributed by atoms with Crippen LogP contribution in [0.2, 0.25) is 0 Å². The average molecular weight is 1300 g/mol. The van der Waals surface area contributed by atoms with Crippen molar-refractivity contribution in [3.05, 3.63) is 35.4 Å². The highest BCUT2D eigenvalue weighted by Gasteiger charge is 2.60. The Morgan fingerprint density at radius 3 is 0.697 bits per heavy atom. The van der Waals surface area contributed by atoms with Gasteiger partial charge in [0.1, 0.15) is 178 Å². The van der Waals surface area contributed by atoms with Crippen LogP contribution >= 0.6 is 0 Å². The van der Waals surface area contributed by atoms with E-state index in [-0.39, 0.29) is 11.1 Å². The number of hydrogen-bond acceptors (Lipinski definition) is 38. The van der Waals surface area contributed by atoms with Crippen LogP contribution in [-0.2, 0) is 75.8 Å². The van der Waals surface area contributed by atoms with E-state index in [0.717, 1.165) is 7.11 Å². The van der Waals surface area contributed by atoms with E-state index in [9.17, 15) is 112 Å². The summed E-state index contributed by atoms with van der Waals surface area (Å²) in [6, 6.07) is 5.17. The van der Waals surface area contributed by atoms with Crippen LogP contribution < -0.4 is 0 Å². The molecule has 0 radical (unpaired) electrons. The van der Waals surface area contributed by atoms with Gasteiger partial charge in [-0.3, -0.25) is 0 Å². The largest absolute Gasteiger partial charge is 0.465 e. The molecule has 21 fully saturated rings. The van der Waals surface area contributed by atoms with Crippen molar-refractivity contribution < 1.29 is 188 Å². The molecular formula is C51H76O38. The topological polar surface area (TPSA) is 586 Å². The zero-order valence-electron chi connectivity index (χ0n) is 46.8. The Balaban J connectivity index is 1.03. The Morgan fingerprint density at radius 2 is 0.494 bits per heavy atom. The van der Waals surface area contributed by atoms with Crippen LogP contribution in [0.1, 0.15) is 20.7 Å². The lowest BCUT2D eigenvalue weighted by atomic mass is 9.95. The molecule has 38 heteroatoms. The highest BCUT2D eigenvalue weighted by molar-refractivity contribution is 6.03. The van der Waals surface area contributed by atoms with Gasteiger partial charge in [0.15, 0.2) is 44.0 Å². The quantitative estimate of drug-likeness (QED) is 0.0967. The molecule has 21 aliphatic rings. The van der Waals surface area contributed by atoms with Crippen molar-refractivity contribution in [1.29, 1.82) is 0 Å². The molecular weight excluding hydrogens is 1220 g/mol. The molecule has 22 rings (SSSR count). The number of carbonyl (C=O) groups excluding carboxylic acids is 2. The van der Waals surface area contributed by atoms with Crippen LogP contribution in [-0.4, -0.2) is 382 Å². The molecule has 0 unspecified atom stereocenters. The smallest absolute Gasteiger partial charge is 0.339 e. The van der Waals surface area contributed by atoms with E-state index in [2.05, 4.69) is 0 Å². The van der Waals surface area contributed by atoms with E-state index in [1.165, 1.54) is 24.3 Å². The number of aliphatic hydroxyl groups excluding tert-OH is 20. The molecule has 21 aliphatic heterocycles. The minimum Gasteiger partial charge on any atom is -0.465 e. The first kappa shape index (κ1) is 70.1. The molecule has 0 saturated carbocycles. The van der Waals surface area contributed by atoms with Gasteiger partial charge in [-0.05, 0) is 12.1 Å². The summed E-state index contributed by atoms with van der Waals surface area (Å²) in [4.78, 5) is 26.2. The molecule has 35 atom stereocenters. The molecule has 21 heterocycles. The van der Waals surface area contributed by atoms with Gasteiger partial charge >= 0.3 is 11.9 Å². The third kappa shape index (κ3) is 14.1. The Labute approximate surface area is 502 Å². The van der Waals surface area contributed by atoms with Gasteiger partial charge < -0.3 is 178 Å². The first-order chi connectivity index (χ1) is 42.4. The number of ether oxygens (including phenoxy) is 16. The van der Waals surface area contributed by atoms with Crippen molar-refractivity contribution >= 4 is 11.9 Å². The maximum atomic E-state index is 13.6. The summed E-state index contributed by atoms with van der Waals surface area (Å²) in [5.74, 6) is -2.19. The molecule has 0 spiro atoms. The molecule has 0 aromatic heterocycles. The van der Waals surface area contributed by atoms with Crippen molar-refractivity contribution in [2.24, 2.45) is 0 Å². The molecule has 1 aromatic carbocycles. The monoisotopic (exact) mass is 1300 g/mol. The lowest BCUT2D eigenvalue weighted by molar-refractivity contribution is -0.396. The summed E-state index contributed by atoms with van der Waals surface area (Å²) in [5.41, 5.74) is -0.628. The highest BCUT2D eigenvalue weighted by Crippen LogP contribution is 2.39. The van der Waals surface area contributed by atoms with Crippen LogP contribution in [0.3, 0.4) is 0 Å². The van der Waals surface area contributed by atoms with Crippen molar-refractivity contribution in [2.45, 2.75) is 215 Å². The lowest BCUT2D eigenvalue weighted by Crippen LogP contribution is -2.68. The molecule has 21 saturated heterocycles. The number of methoxy groups -OCH3 is 1. The van der Waals surface area contributed by atoms with Crippen molar-refractivity contribution in [3.63, 3.8) is 0 Å². The zero-order valence-corrected chi connectivity index (χ0v) is 46.8. The fourth-order valence-electron chi connectivity index (χ4n) is 11.6. The van der Waals surface area contributed by atoms with E-state index in [1.807, 2.05) is 0 Å². The summed E-state index contributed by atoms with van der Waals surface area (Å²) in [6.07, 6.45) is -72.9. The average Bonchev–Trinajstić information content (AvgIpc) is 0.977. The van der Waals surface area contributed by atoms with Crippen molar-refractivity contribution in [2.75, 3.05) is 53.4 Å². The minimum absolute atomic E-state index is 0.272. The SMILES string of the molecule is COC(=O)c1ccccc1C(=O)OC[C@H]1O[C@@H]2O[C@H]3[C@H](O)[C@@H](O)[C@@H](O[C@H]4[C@H](O)[C@@H](O)[C@@H](O[C@H]5[C@H](O)[C@@H](O)[C@@H](O[C@H]6[C@@H](O)[C@H](O)[C@@H](O[C@H]7[C@@H](O)[C@H](O)[C@@H](O[C@H]8[C@@H](O)[C@@H](O)[C@@H](O[C@H]1[C@H](O)[C@H]2O)O[C@@H]8CO)O[C@@H]7CO)O[C@@H]6CO)O[C@@H]5CO)O[C@@H]4CO)O[C@@H]3CO. The first-order valence-electron chi connectivity index (χ1n) is 28.1. The van der Waals surface area contributed by atoms with Crippen molar-refractivity contribution in [3.8, 4) is 0 Å². The molecule has 0 aliphatic carbocycles.